The maximum atomic E-state index is 5.94. The van der Waals surface area contributed by atoms with Crippen LogP contribution < -0.4 is 11.1 Å². The Labute approximate surface area is 75.3 Å². The van der Waals surface area contributed by atoms with Crippen LogP contribution in [0.5, 0.6) is 0 Å². The third-order valence-electron chi connectivity index (χ3n) is 3.05. The van der Waals surface area contributed by atoms with Crippen LogP contribution in [0.3, 0.4) is 0 Å². The Morgan fingerprint density at radius 3 is 2.25 bits per heavy atom. The molecule has 1 rings (SSSR count). The number of nitrogens with two attached hydrogens (primary N) is 1. The second-order valence-electron chi connectivity index (χ2n) is 4.18. The highest BCUT2D eigenvalue weighted by Gasteiger charge is 2.30. The molecule has 1 heterocycles. The van der Waals surface area contributed by atoms with Crippen molar-refractivity contribution < 1.29 is 0 Å². The molecule has 1 atom stereocenters. The minimum atomic E-state index is 0.141. The lowest BCUT2D eigenvalue weighted by Gasteiger charge is -2.43. The Bertz CT molecular complexity index is 137. The van der Waals surface area contributed by atoms with Crippen LogP contribution in [0.25, 0.3) is 0 Å². The smallest absolute Gasteiger partial charge is 0.0302 e. The van der Waals surface area contributed by atoms with Gasteiger partial charge < -0.3 is 11.1 Å². The molecular weight excluding hydrogens is 150 g/mol. The lowest BCUT2D eigenvalue weighted by Crippen LogP contribution is -2.60. The molecule has 0 amide bonds. The summed E-state index contributed by atoms with van der Waals surface area (Å²) in [5, 5.41) is 3.34. The minimum absolute atomic E-state index is 0.141. The van der Waals surface area contributed by atoms with Gasteiger partial charge in [0.2, 0.25) is 0 Å². The van der Waals surface area contributed by atoms with Crippen molar-refractivity contribution in [3.8, 4) is 0 Å². The van der Waals surface area contributed by atoms with E-state index in [1.807, 2.05) is 0 Å². The Balaban J connectivity index is 2.53. The van der Waals surface area contributed by atoms with Crippen LogP contribution >= 0.6 is 0 Å². The van der Waals surface area contributed by atoms with E-state index in [-0.39, 0.29) is 11.6 Å². The second kappa shape index (κ2) is 3.73. The van der Waals surface area contributed by atoms with E-state index in [1.54, 1.807) is 0 Å². The van der Waals surface area contributed by atoms with Crippen LogP contribution in [0.4, 0.5) is 0 Å². The molecule has 72 valence electrons. The minimum Gasteiger partial charge on any atom is -0.326 e. The van der Waals surface area contributed by atoms with Crippen LogP contribution in [0, 0.1) is 0 Å². The zero-order chi connectivity index (χ0) is 9.19. The van der Waals surface area contributed by atoms with Gasteiger partial charge in [-0.05, 0) is 20.8 Å². The Morgan fingerprint density at radius 2 is 1.83 bits per heavy atom. The lowest BCUT2D eigenvalue weighted by molar-refractivity contribution is 0.0853. The number of hydrogen-bond acceptors (Lipinski definition) is 3. The van der Waals surface area contributed by atoms with E-state index in [0.29, 0.717) is 0 Å². The molecule has 0 saturated carbocycles. The van der Waals surface area contributed by atoms with Gasteiger partial charge in [-0.2, -0.15) is 0 Å². The van der Waals surface area contributed by atoms with E-state index in [9.17, 15) is 0 Å². The number of nitrogens with one attached hydrogen (secondary N) is 1. The number of piperazine rings is 1. The van der Waals surface area contributed by atoms with Gasteiger partial charge in [-0.3, -0.25) is 4.90 Å². The molecule has 1 aliphatic heterocycles. The number of nitrogens with zero attached hydrogens (tertiary/aromatic N) is 1. The lowest BCUT2D eigenvalue weighted by atomic mass is 9.94. The van der Waals surface area contributed by atoms with E-state index in [0.717, 1.165) is 26.2 Å². The monoisotopic (exact) mass is 171 g/mol. The normalized spacial score (nSPS) is 24.0. The third-order valence-corrected chi connectivity index (χ3v) is 3.05. The predicted molar refractivity (Wildman–Crippen MR) is 52.2 cm³/mol. The van der Waals surface area contributed by atoms with E-state index in [4.69, 9.17) is 5.73 Å². The first-order chi connectivity index (χ1) is 5.55. The summed E-state index contributed by atoms with van der Waals surface area (Å²) in [7, 11) is 0. The molecule has 0 bridgehead atoms. The zero-order valence-corrected chi connectivity index (χ0v) is 8.43. The molecule has 0 aromatic heterocycles. The highest BCUT2D eigenvalue weighted by Crippen LogP contribution is 2.17. The number of rotatable bonds is 2. The van der Waals surface area contributed by atoms with Gasteiger partial charge in [-0.15, -0.1) is 0 Å². The molecule has 3 N–H and O–H groups in total. The first-order valence-corrected chi connectivity index (χ1v) is 4.76. The fourth-order valence-corrected chi connectivity index (χ4v) is 1.53. The molecule has 0 aromatic rings. The third kappa shape index (κ3) is 1.97. The van der Waals surface area contributed by atoms with Crippen molar-refractivity contribution in [2.45, 2.75) is 32.4 Å². The van der Waals surface area contributed by atoms with Gasteiger partial charge in [0.05, 0.1) is 0 Å². The van der Waals surface area contributed by atoms with Crippen molar-refractivity contribution in [2.75, 3.05) is 26.2 Å². The van der Waals surface area contributed by atoms with Gasteiger partial charge in [0, 0.05) is 37.8 Å². The predicted octanol–water partition coefficient (Wildman–Crippen LogP) is 0.0174. The van der Waals surface area contributed by atoms with Gasteiger partial charge >= 0.3 is 0 Å². The van der Waals surface area contributed by atoms with Gasteiger partial charge in [-0.25, -0.2) is 0 Å². The molecule has 12 heavy (non-hydrogen) atoms. The average Bonchev–Trinajstić information content (AvgIpc) is 2.06. The van der Waals surface area contributed by atoms with Crippen molar-refractivity contribution in [1.29, 1.82) is 0 Å². The molecule has 3 heteroatoms. The van der Waals surface area contributed by atoms with Crippen LogP contribution in [0.1, 0.15) is 20.8 Å². The Hall–Kier alpha value is -0.120. The van der Waals surface area contributed by atoms with E-state index in [2.05, 4.69) is 31.0 Å². The SMILES string of the molecule is CC(N)C(C)(C)N1CCNCC1. The summed E-state index contributed by atoms with van der Waals surface area (Å²) < 4.78 is 0. The summed E-state index contributed by atoms with van der Waals surface area (Å²) in [4.78, 5) is 2.47. The van der Waals surface area contributed by atoms with E-state index < -0.39 is 0 Å². The van der Waals surface area contributed by atoms with Crippen molar-refractivity contribution in [2.24, 2.45) is 5.73 Å². The van der Waals surface area contributed by atoms with Gasteiger partial charge in [0.25, 0.3) is 0 Å². The largest absolute Gasteiger partial charge is 0.326 e. The average molecular weight is 171 g/mol. The number of hydrogen-bond donors (Lipinski definition) is 2. The van der Waals surface area contributed by atoms with Crippen molar-refractivity contribution >= 4 is 0 Å². The van der Waals surface area contributed by atoms with Gasteiger partial charge in [0.15, 0.2) is 0 Å². The molecule has 1 saturated heterocycles. The van der Waals surface area contributed by atoms with Crippen molar-refractivity contribution in [1.82, 2.24) is 10.2 Å². The van der Waals surface area contributed by atoms with Gasteiger partial charge in [-0.1, -0.05) is 0 Å². The quantitative estimate of drug-likeness (QED) is 0.615. The molecule has 1 unspecified atom stereocenters. The zero-order valence-electron chi connectivity index (χ0n) is 8.43. The first-order valence-electron chi connectivity index (χ1n) is 4.76. The molecule has 0 aromatic carbocycles. The highest BCUT2D eigenvalue weighted by molar-refractivity contribution is 4.90. The van der Waals surface area contributed by atoms with Gasteiger partial charge in [0.1, 0.15) is 0 Å². The molecule has 3 nitrogen and oxygen atoms in total. The summed E-state index contributed by atoms with van der Waals surface area (Å²) in [6, 6.07) is 0.232. The fourth-order valence-electron chi connectivity index (χ4n) is 1.53. The first kappa shape index (κ1) is 9.96. The van der Waals surface area contributed by atoms with Crippen LogP contribution in [0.2, 0.25) is 0 Å². The van der Waals surface area contributed by atoms with Crippen molar-refractivity contribution in [3.63, 3.8) is 0 Å². The second-order valence-corrected chi connectivity index (χ2v) is 4.18. The maximum Gasteiger partial charge on any atom is 0.0302 e. The summed E-state index contributed by atoms with van der Waals surface area (Å²) in [5.41, 5.74) is 6.08. The van der Waals surface area contributed by atoms with Crippen LogP contribution in [-0.2, 0) is 0 Å². The highest BCUT2D eigenvalue weighted by atomic mass is 15.2. The van der Waals surface area contributed by atoms with Crippen LogP contribution in [-0.4, -0.2) is 42.7 Å². The molecule has 1 aliphatic rings. The Kier molecular flexibility index (Phi) is 3.09. The molecule has 0 radical (unpaired) electrons. The van der Waals surface area contributed by atoms with Crippen molar-refractivity contribution in [3.05, 3.63) is 0 Å². The van der Waals surface area contributed by atoms with E-state index in [1.165, 1.54) is 0 Å². The maximum absolute atomic E-state index is 5.94. The summed E-state index contributed by atoms with van der Waals surface area (Å²) in [6.45, 7) is 11.0. The standard InChI is InChI=1S/C9H21N3/c1-8(10)9(2,3)12-6-4-11-5-7-12/h8,11H,4-7,10H2,1-3H3. The fraction of sp³-hybridized carbons (Fsp3) is 1.00. The summed E-state index contributed by atoms with van der Waals surface area (Å²) in [6.07, 6.45) is 0. The summed E-state index contributed by atoms with van der Waals surface area (Å²) >= 11 is 0. The summed E-state index contributed by atoms with van der Waals surface area (Å²) in [5.74, 6) is 0. The topological polar surface area (TPSA) is 41.3 Å². The molecule has 0 spiro atoms. The molecular formula is C9H21N3. The Morgan fingerprint density at radius 1 is 1.33 bits per heavy atom. The molecule has 0 aliphatic carbocycles. The van der Waals surface area contributed by atoms with Crippen LogP contribution in [0.15, 0.2) is 0 Å². The van der Waals surface area contributed by atoms with E-state index >= 15 is 0 Å². The molecule has 1 fully saturated rings.